The number of anilines is 3. The molecule has 0 aliphatic carbocycles. The van der Waals surface area contributed by atoms with E-state index in [1.165, 1.54) is 0 Å². The second-order valence-corrected chi connectivity index (χ2v) is 5.92. The van der Waals surface area contributed by atoms with E-state index in [1.54, 1.807) is 42.6 Å². The summed E-state index contributed by atoms with van der Waals surface area (Å²) in [4.78, 5) is 16.5. The Morgan fingerprint density at radius 2 is 1.81 bits per heavy atom. The molecule has 2 aromatic carbocycles. The molecule has 0 spiro atoms. The minimum absolute atomic E-state index is 0.292. The van der Waals surface area contributed by atoms with Gasteiger partial charge in [0.2, 0.25) is 0 Å². The van der Waals surface area contributed by atoms with E-state index in [4.69, 9.17) is 16.3 Å². The normalized spacial score (nSPS) is 10.2. The topological polar surface area (TPSA) is 63.2 Å². The van der Waals surface area contributed by atoms with Crippen LogP contribution in [0.25, 0.3) is 0 Å². The lowest BCUT2D eigenvalue weighted by atomic mass is 10.2. The monoisotopic (exact) mass is 367 g/mol. The van der Waals surface area contributed by atoms with Crippen molar-refractivity contribution in [3.8, 4) is 5.75 Å². The molecular formula is C20H18ClN3O2. The highest BCUT2D eigenvalue weighted by molar-refractivity contribution is 6.30. The number of benzene rings is 2. The summed E-state index contributed by atoms with van der Waals surface area (Å²) in [5.74, 6) is 0.532. The molecule has 0 fully saturated rings. The van der Waals surface area contributed by atoms with Crippen LogP contribution in [0.3, 0.4) is 0 Å². The number of carbonyl (C=O) groups is 1. The van der Waals surface area contributed by atoms with Crippen LogP contribution in [0.5, 0.6) is 5.75 Å². The fourth-order valence-corrected chi connectivity index (χ4v) is 2.52. The molecule has 1 heterocycles. The highest BCUT2D eigenvalue weighted by Crippen LogP contribution is 2.20. The van der Waals surface area contributed by atoms with Gasteiger partial charge in [0.25, 0.3) is 5.91 Å². The molecule has 132 valence electrons. The minimum atomic E-state index is -0.292. The molecule has 0 unspecified atom stereocenters. The van der Waals surface area contributed by atoms with Gasteiger partial charge in [-0.25, -0.2) is 4.98 Å². The van der Waals surface area contributed by atoms with Crippen LogP contribution in [0.15, 0.2) is 66.9 Å². The summed E-state index contributed by atoms with van der Waals surface area (Å²) in [7, 11) is 0. The van der Waals surface area contributed by atoms with Gasteiger partial charge in [0, 0.05) is 16.4 Å². The Hall–Kier alpha value is -3.05. The lowest BCUT2D eigenvalue weighted by Gasteiger charge is -2.09. The lowest BCUT2D eigenvalue weighted by Crippen LogP contribution is -2.13. The Balaban J connectivity index is 1.63. The molecule has 0 atom stereocenters. The van der Waals surface area contributed by atoms with Crippen molar-refractivity contribution >= 4 is 34.6 Å². The fourth-order valence-electron chi connectivity index (χ4n) is 2.33. The first-order valence-electron chi connectivity index (χ1n) is 8.17. The summed E-state index contributed by atoms with van der Waals surface area (Å²) >= 11 is 5.92. The van der Waals surface area contributed by atoms with Gasteiger partial charge in [0.1, 0.15) is 11.4 Å². The number of aromatic nitrogens is 1. The van der Waals surface area contributed by atoms with Crippen LogP contribution in [-0.2, 0) is 0 Å². The van der Waals surface area contributed by atoms with E-state index >= 15 is 0 Å². The van der Waals surface area contributed by atoms with Crippen molar-refractivity contribution in [1.29, 1.82) is 0 Å². The molecule has 2 N–H and O–H groups in total. The van der Waals surface area contributed by atoms with Gasteiger partial charge in [-0.1, -0.05) is 17.7 Å². The molecule has 0 saturated heterocycles. The van der Waals surface area contributed by atoms with E-state index in [9.17, 15) is 4.79 Å². The predicted octanol–water partition coefficient (Wildman–Crippen LogP) is 5.13. The van der Waals surface area contributed by atoms with Gasteiger partial charge < -0.3 is 15.4 Å². The summed E-state index contributed by atoms with van der Waals surface area (Å²) in [5.41, 5.74) is 2.64. The largest absolute Gasteiger partial charge is 0.494 e. The zero-order chi connectivity index (χ0) is 18.4. The summed E-state index contributed by atoms with van der Waals surface area (Å²) in [6.45, 7) is 2.58. The van der Waals surface area contributed by atoms with Gasteiger partial charge in [0.05, 0.1) is 18.5 Å². The van der Waals surface area contributed by atoms with Crippen molar-refractivity contribution in [1.82, 2.24) is 4.98 Å². The first kappa shape index (κ1) is 17.8. The summed E-state index contributed by atoms with van der Waals surface area (Å²) in [6.07, 6.45) is 1.61. The van der Waals surface area contributed by atoms with Gasteiger partial charge in [-0.3, -0.25) is 4.79 Å². The van der Waals surface area contributed by atoms with E-state index in [2.05, 4.69) is 15.6 Å². The molecule has 0 aliphatic rings. The molecule has 0 aliphatic heterocycles. The molecule has 1 amide bonds. The average Bonchev–Trinajstić information content (AvgIpc) is 2.64. The Morgan fingerprint density at radius 1 is 1.04 bits per heavy atom. The molecule has 26 heavy (non-hydrogen) atoms. The third kappa shape index (κ3) is 4.74. The van der Waals surface area contributed by atoms with E-state index in [-0.39, 0.29) is 5.91 Å². The van der Waals surface area contributed by atoms with Crippen molar-refractivity contribution in [2.45, 2.75) is 6.92 Å². The SMILES string of the molecule is CCOc1ccc(Nc2ccc(C(=O)Nc3cccc(Cl)c3)nc2)cc1. The summed E-state index contributed by atoms with van der Waals surface area (Å²) in [6, 6.07) is 18.1. The maximum atomic E-state index is 12.2. The van der Waals surface area contributed by atoms with Crippen molar-refractivity contribution in [3.05, 3.63) is 77.6 Å². The summed E-state index contributed by atoms with van der Waals surface area (Å²) < 4.78 is 5.42. The number of ether oxygens (including phenoxy) is 1. The van der Waals surface area contributed by atoms with E-state index in [1.807, 2.05) is 31.2 Å². The van der Waals surface area contributed by atoms with Crippen molar-refractivity contribution in [2.24, 2.45) is 0 Å². The number of hydrogen-bond acceptors (Lipinski definition) is 4. The van der Waals surface area contributed by atoms with Gasteiger partial charge in [0.15, 0.2) is 0 Å². The zero-order valence-corrected chi connectivity index (χ0v) is 15.0. The third-order valence-corrected chi connectivity index (χ3v) is 3.77. The molecule has 0 bridgehead atoms. The maximum Gasteiger partial charge on any atom is 0.274 e. The first-order chi connectivity index (χ1) is 12.6. The van der Waals surface area contributed by atoms with E-state index < -0.39 is 0 Å². The number of amides is 1. The van der Waals surface area contributed by atoms with Crippen LogP contribution in [0, 0.1) is 0 Å². The second kappa shape index (κ2) is 8.36. The number of rotatable bonds is 6. The Morgan fingerprint density at radius 3 is 2.46 bits per heavy atom. The average molecular weight is 368 g/mol. The Kier molecular flexibility index (Phi) is 5.71. The van der Waals surface area contributed by atoms with Gasteiger partial charge in [-0.15, -0.1) is 0 Å². The molecule has 1 aromatic heterocycles. The maximum absolute atomic E-state index is 12.2. The molecule has 5 nitrogen and oxygen atoms in total. The highest BCUT2D eigenvalue weighted by Gasteiger charge is 2.08. The fraction of sp³-hybridized carbons (Fsp3) is 0.100. The van der Waals surface area contributed by atoms with Crippen LogP contribution < -0.4 is 15.4 Å². The van der Waals surface area contributed by atoms with Crippen LogP contribution in [0.1, 0.15) is 17.4 Å². The van der Waals surface area contributed by atoms with Crippen molar-refractivity contribution < 1.29 is 9.53 Å². The zero-order valence-electron chi connectivity index (χ0n) is 14.2. The number of nitrogens with zero attached hydrogens (tertiary/aromatic N) is 1. The first-order valence-corrected chi connectivity index (χ1v) is 8.54. The van der Waals surface area contributed by atoms with Crippen LogP contribution in [0.2, 0.25) is 5.02 Å². The number of halogens is 1. The van der Waals surface area contributed by atoms with Crippen LogP contribution in [0.4, 0.5) is 17.1 Å². The van der Waals surface area contributed by atoms with Crippen molar-refractivity contribution in [2.75, 3.05) is 17.2 Å². The molecule has 3 aromatic rings. The molecule has 0 radical (unpaired) electrons. The molecule has 0 saturated carbocycles. The number of carbonyl (C=O) groups excluding carboxylic acids is 1. The smallest absolute Gasteiger partial charge is 0.274 e. The Bertz CT molecular complexity index is 880. The second-order valence-electron chi connectivity index (χ2n) is 5.48. The number of pyridine rings is 1. The van der Waals surface area contributed by atoms with Gasteiger partial charge >= 0.3 is 0 Å². The predicted molar refractivity (Wildman–Crippen MR) is 105 cm³/mol. The minimum Gasteiger partial charge on any atom is -0.494 e. The van der Waals surface area contributed by atoms with E-state index in [0.29, 0.717) is 23.0 Å². The van der Waals surface area contributed by atoms with Gasteiger partial charge in [-0.05, 0) is 61.5 Å². The molecule has 6 heteroatoms. The molecule has 3 rings (SSSR count). The number of hydrogen-bond donors (Lipinski definition) is 2. The summed E-state index contributed by atoms with van der Waals surface area (Å²) in [5, 5.41) is 6.56. The third-order valence-electron chi connectivity index (χ3n) is 3.53. The number of nitrogens with one attached hydrogen (secondary N) is 2. The van der Waals surface area contributed by atoms with Crippen LogP contribution >= 0.6 is 11.6 Å². The highest BCUT2D eigenvalue weighted by atomic mass is 35.5. The lowest BCUT2D eigenvalue weighted by molar-refractivity contribution is 0.102. The quantitative estimate of drug-likeness (QED) is 0.634. The molecular weight excluding hydrogens is 350 g/mol. The van der Waals surface area contributed by atoms with Gasteiger partial charge in [-0.2, -0.15) is 0 Å². The van der Waals surface area contributed by atoms with Crippen LogP contribution in [-0.4, -0.2) is 17.5 Å². The van der Waals surface area contributed by atoms with Crippen molar-refractivity contribution in [3.63, 3.8) is 0 Å². The Labute approximate surface area is 157 Å². The standard InChI is InChI=1S/C20H18ClN3O2/c1-2-26-18-9-6-15(7-10-18)23-17-8-11-19(22-13-17)20(25)24-16-5-3-4-14(21)12-16/h3-13,23H,2H2,1H3,(H,24,25). The van der Waals surface area contributed by atoms with E-state index in [0.717, 1.165) is 17.1 Å².